The Kier molecular flexibility index (Phi) is 5.77. The Hall–Kier alpha value is -4.51. The third-order valence-electron chi connectivity index (χ3n) is 6.26. The first-order valence-electron chi connectivity index (χ1n) is 10.9. The summed E-state index contributed by atoms with van der Waals surface area (Å²) in [5.41, 5.74) is 0.450. The molecule has 2 heterocycles. The fraction of sp³-hybridized carbons (Fsp3) is 0.200. The minimum Gasteiger partial charge on any atom is -0.493 e. The normalized spacial score (nSPS) is 21.0. The number of halogens is 1. The molecule has 184 valence electrons. The molecule has 3 aromatic rings. The predicted octanol–water partition coefficient (Wildman–Crippen LogP) is 3.80. The number of nitro benzene ring substituents is 1. The quantitative estimate of drug-likeness (QED) is 0.290. The molecule has 0 N–H and O–H groups in total. The van der Waals surface area contributed by atoms with Gasteiger partial charge in [-0.25, -0.2) is 14.4 Å². The second-order valence-corrected chi connectivity index (χ2v) is 8.17. The van der Waals surface area contributed by atoms with Crippen molar-refractivity contribution >= 4 is 28.9 Å². The van der Waals surface area contributed by atoms with Crippen LogP contribution in [-0.4, -0.2) is 37.1 Å². The summed E-state index contributed by atoms with van der Waals surface area (Å²) in [5.74, 6) is -2.58. The van der Waals surface area contributed by atoms with E-state index >= 15 is 0 Å². The highest BCUT2D eigenvalue weighted by Gasteiger charge is 2.61. The highest BCUT2D eigenvalue weighted by molar-refractivity contribution is 6.24. The Morgan fingerprint density at radius 2 is 1.56 bits per heavy atom. The summed E-state index contributed by atoms with van der Waals surface area (Å²) in [7, 11) is 2.74. The van der Waals surface area contributed by atoms with Crippen molar-refractivity contribution in [3.05, 3.63) is 88.2 Å². The fourth-order valence-electron chi connectivity index (χ4n) is 4.65. The summed E-state index contributed by atoms with van der Waals surface area (Å²) in [5, 5.41) is 13.4. The lowest BCUT2D eigenvalue weighted by Gasteiger charge is -2.29. The van der Waals surface area contributed by atoms with E-state index in [2.05, 4.69) is 0 Å². The number of rotatable bonds is 6. The number of nitrogens with zero attached hydrogens (tertiary/aromatic N) is 3. The first-order valence-corrected chi connectivity index (χ1v) is 10.9. The fourth-order valence-corrected chi connectivity index (χ4v) is 4.65. The zero-order chi connectivity index (χ0) is 25.6. The number of para-hydroxylation sites is 1. The SMILES string of the molecule is COc1cc([C@H]2[C@@H]3C(=O)N(c4ccc(F)cc4)C(=O)[C@H]3ON2c2ccccc2)c([N+](=O)[O-])cc1OC. The summed E-state index contributed by atoms with van der Waals surface area (Å²) >= 11 is 0. The number of hydrogen-bond donors (Lipinski definition) is 0. The molecule has 0 spiro atoms. The molecule has 2 aliphatic rings. The van der Waals surface area contributed by atoms with Gasteiger partial charge in [0, 0.05) is 0 Å². The molecular weight excluding hydrogens is 473 g/mol. The average Bonchev–Trinajstić information content (AvgIpc) is 3.40. The van der Waals surface area contributed by atoms with Gasteiger partial charge < -0.3 is 9.47 Å². The van der Waals surface area contributed by atoms with Crippen LogP contribution in [0.1, 0.15) is 11.6 Å². The molecule has 3 aromatic carbocycles. The van der Waals surface area contributed by atoms with Gasteiger partial charge in [-0.15, -0.1) is 0 Å². The Balaban J connectivity index is 1.68. The molecule has 2 saturated heterocycles. The summed E-state index contributed by atoms with van der Waals surface area (Å²) in [6.07, 6.45) is -1.25. The highest BCUT2D eigenvalue weighted by atomic mass is 19.1. The van der Waals surface area contributed by atoms with Gasteiger partial charge in [-0.05, 0) is 42.5 Å². The Morgan fingerprint density at radius 1 is 0.917 bits per heavy atom. The van der Waals surface area contributed by atoms with Crippen LogP contribution in [0.25, 0.3) is 0 Å². The van der Waals surface area contributed by atoms with Gasteiger partial charge in [-0.2, -0.15) is 0 Å². The van der Waals surface area contributed by atoms with Crippen LogP contribution in [0.15, 0.2) is 66.7 Å². The molecule has 10 nitrogen and oxygen atoms in total. The van der Waals surface area contributed by atoms with Crippen LogP contribution in [0.3, 0.4) is 0 Å². The van der Waals surface area contributed by atoms with E-state index in [0.717, 1.165) is 17.0 Å². The molecule has 0 aromatic heterocycles. The minimum atomic E-state index is -1.25. The topological polar surface area (TPSA) is 111 Å². The molecule has 0 radical (unpaired) electrons. The number of ether oxygens (including phenoxy) is 2. The molecule has 2 fully saturated rings. The van der Waals surface area contributed by atoms with E-state index in [1.54, 1.807) is 30.3 Å². The number of hydrogen-bond acceptors (Lipinski definition) is 8. The van der Waals surface area contributed by atoms with Gasteiger partial charge in [0.25, 0.3) is 11.6 Å². The van der Waals surface area contributed by atoms with Crippen LogP contribution in [0.2, 0.25) is 0 Å². The minimum absolute atomic E-state index is 0.108. The van der Waals surface area contributed by atoms with E-state index in [1.807, 2.05) is 0 Å². The molecule has 0 bridgehead atoms. The van der Waals surface area contributed by atoms with Gasteiger partial charge in [0.15, 0.2) is 17.6 Å². The number of fused-ring (bicyclic) bond motifs is 1. The molecular formula is C25H20FN3O7. The lowest BCUT2D eigenvalue weighted by atomic mass is 9.89. The summed E-state index contributed by atoms with van der Waals surface area (Å²) in [6, 6.07) is 15.1. The largest absolute Gasteiger partial charge is 0.493 e. The van der Waals surface area contributed by atoms with Crippen LogP contribution >= 0.6 is 0 Å². The number of carbonyl (C=O) groups excluding carboxylic acids is 2. The monoisotopic (exact) mass is 493 g/mol. The zero-order valence-corrected chi connectivity index (χ0v) is 19.2. The van der Waals surface area contributed by atoms with Crippen LogP contribution in [0.4, 0.5) is 21.5 Å². The number of anilines is 2. The lowest BCUT2D eigenvalue weighted by molar-refractivity contribution is -0.385. The van der Waals surface area contributed by atoms with Gasteiger partial charge in [0.2, 0.25) is 5.91 Å². The molecule has 0 saturated carbocycles. The number of hydroxylamine groups is 1. The molecule has 36 heavy (non-hydrogen) atoms. The van der Waals surface area contributed by atoms with Crippen molar-refractivity contribution in [3.63, 3.8) is 0 Å². The average molecular weight is 493 g/mol. The Bertz CT molecular complexity index is 1350. The van der Waals surface area contributed by atoms with Gasteiger partial charge in [0.1, 0.15) is 17.8 Å². The maximum Gasteiger partial charge on any atom is 0.278 e. The second kappa shape index (κ2) is 8.93. The van der Waals surface area contributed by atoms with E-state index in [-0.39, 0.29) is 28.4 Å². The molecule has 5 rings (SSSR count). The molecule has 2 aliphatic heterocycles. The van der Waals surface area contributed by atoms with E-state index in [1.165, 1.54) is 43.5 Å². The van der Waals surface area contributed by atoms with E-state index in [4.69, 9.17) is 14.3 Å². The van der Waals surface area contributed by atoms with Gasteiger partial charge >= 0.3 is 0 Å². The number of nitro groups is 1. The van der Waals surface area contributed by atoms with Crippen LogP contribution in [-0.2, 0) is 14.4 Å². The highest BCUT2D eigenvalue weighted by Crippen LogP contribution is 2.51. The standard InChI is InChI=1S/C25H20FN3O7/c1-34-19-12-17(18(29(32)33)13-20(19)35-2)22-21-23(36-28(22)16-6-4-3-5-7-16)25(31)27(24(21)30)15-10-8-14(26)9-11-15/h3-13,21-23H,1-2H3/t21-,22-,23-/m0/s1. The summed E-state index contributed by atoms with van der Waals surface area (Å²) < 4.78 is 24.1. The number of benzene rings is 3. The van der Waals surface area contributed by atoms with Crippen molar-refractivity contribution in [2.45, 2.75) is 12.1 Å². The van der Waals surface area contributed by atoms with Gasteiger partial charge in [0.05, 0.1) is 42.1 Å². The van der Waals surface area contributed by atoms with Crippen LogP contribution in [0.5, 0.6) is 11.5 Å². The Labute approximate surface area is 204 Å². The number of amides is 2. The number of carbonyl (C=O) groups is 2. The summed E-state index contributed by atoms with van der Waals surface area (Å²) in [6.45, 7) is 0. The van der Waals surface area contributed by atoms with Crippen LogP contribution in [0, 0.1) is 21.8 Å². The third-order valence-corrected chi connectivity index (χ3v) is 6.26. The lowest BCUT2D eigenvalue weighted by Crippen LogP contribution is -2.37. The first kappa shape index (κ1) is 23.2. The van der Waals surface area contributed by atoms with E-state index in [9.17, 15) is 24.1 Å². The van der Waals surface area contributed by atoms with Crippen molar-refractivity contribution in [1.29, 1.82) is 0 Å². The maximum atomic E-state index is 13.7. The van der Waals surface area contributed by atoms with Crippen LogP contribution < -0.4 is 19.4 Å². The first-order chi connectivity index (χ1) is 17.3. The predicted molar refractivity (Wildman–Crippen MR) is 125 cm³/mol. The molecule has 2 amide bonds. The molecule has 11 heteroatoms. The number of imide groups is 1. The smallest absolute Gasteiger partial charge is 0.278 e. The van der Waals surface area contributed by atoms with E-state index in [0.29, 0.717) is 5.69 Å². The molecule has 3 atom stereocenters. The summed E-state index contributed by atoms with van der Waals surface area (Å²) in [4.78, 5) is 45.5. The van der Waals surface area contributed by atoms with Gasteiger partial charge in [-0.3, -0.25) is 24.5 Å². The van der Waals surface area contributed by atoms with Gasteiger partial charge in [-0.1, -0.05) is 18.2 Å². The van der Waals surface area contributed by atoms with E-state index < -0.39 is 40.6 Å². The molecule has 0 unspecified atom stereocenters. The maximum absolute atomic E-state index is 13.7. The van der Waals surface area contributed by atoms with Crippen molar-refractivity contribution in [2.24, 2.45) is 5.92 Å². The van der Waals surface area contributed by atoms with Crippen molar-refractivity contribution in [2.75, 3.05) is 24.2 Å². The molecule has 0 aliphatic carbocycles. The zero-order valence-electron chi connectivity index (χ0n) is 19.2. The Morgan fingerprint density at radius 3 is 2.17 bits per heavy atom. The van der Waals surface area contributed by atoms with Crippen molar-refractivity contribution in [3.8, 4) is 11.5 Å². The van der Waals surface area contributed by atoms with Crippen molar-refractivity contribution < 1.29 is 33.2 Å². The second-order valence-electron chi connectivity index (χ2n) is 8.17. The third kappa shape index (κ3) is 3.60. The van der Waals surface area contributed by atoms with Crippen molar-refractivity contribution in [1.82, 2.24) is 0 Å². The number of methoxy groups -OCH3 is 2.